The van der Waals surface area contributed by atoms with E-state index in [-0.39, 0.29) is 18.8 Å². The maximum atomic E-state index is 8.76. The Labute approximate surface area is 128 Å². The monoisotopic (exact) mass is 305 g/mol. The highest BCUT2D eigenvalue weighted by Gasteiger charge is 2.50. The highest BCUT2D eigenvalue weighted by atomic mass is 16.8. The molecule has 0 aliphatic carbocycles. The molecule has 1 aromatic rings. The predicted octanol–water partition coefficient (Wildman–Crippen LogP) is 3.01. The molecule has 0 aromatic heterocycles. The first-order valence-electron chi connectivity index (χ1n) is 7.30. The van der Waals surface area contributed by atoms with E-state index in [1.165, 1.54) is 0 Å². The number of hydrogen-bond donors (Lipinski definition) is 0. The number of hydrogen-bond acceptors (Lipinski definition) is 5. The van der Waals surface area contributed by atoms with Crippen LogP contribution in [0.15, 0.2) is 35.4 Å². The van der Waals surface area contributed by atoms with Crippen LogP contribution in [-0.4, -0.2) is 36.9 Å². The molecule has 4 atom stereocenters. The Morgan fingerprint density at radius 1 is 1.36 bits per heavy atom. The van der Waals surface area contributed by atoms with E-state index in [0.717, 1.165) is 5.75 Å². The summed E-state index contributed by atoms with van der Waals surface area (Å²) in [5.41, 5.74) is 8.76. The van der Waals surface area contributed by atoms with Gasteiger partial charge in [0.1, 0.15) is 11.9 Å². The molecule has 0 spiro atoms. The zero-order valence-electron chi connectivity index (χ0n) is 12.6. The first-order chi connectivity index (χ1) is 10.6. The van der Waals surface area contributed by atoms with Crippen molar-refractivity contribution < 1.29 is 18.9 Å². The van der Waals surface area contributed by atoms with E-state index in [4.69, 9.17) is 24.5 Å². The van der Waals surface area contributed by atoms with Crippen LogP contribution in [0.3, 0.4) is 0 Å². The molecule has 2 aliphatic rings. The Hall–Kier alpha value is -1.79. The molecule has 2 fully saturated rings. The van der Waals surface area contributed by atoms with Gasteiger partial charge in [-0.2, -0.15) is 0 Å². The summed E-state index contributed by atoms with van der Waals surface area (Å²) in [4.78, 5) is 2.90. The molecule has 0 N–H and O–H groups in total. The minimum absolute atomic E-state index is 0.131. The van der Waals surface area contributed by atoms with E-state index < -0.39 is 18.1 Å². The van der Waals surface area contributed by atoms with E-state index in [1.807, 2.05) is 44.2 Å². The quantitative estimate of drug-likeness (QED) is 0.475. The van der Waals surface area contributed by atoms with Crippen molar-refractivity contribution in [3.63, 3.8) is 0 Å². The zero-order chi connectivity index (χ0) is 15.6. The molecule has 0 saturated carbocycles. The van der Waals surface area contributed by atoms with Crippen LogP contribution in [0.2, 0.25) is 0 Å². The van der Waals surface area contributed by atoms with Gasteiger partial charge in [0.25, 0.3) is 0 Å². The van der Waals surface area contributed by atoms with Gasteiger partial charge in [-0.1, -0.05) is 23.3 Å². The average Bonchev–Trinajstić information content (AvgIpc) is 2.98. The van der Waals surface area contributed by atoms with Crippen molar-refractivity contribution in [3.8, 4) is 5.75 Å². The maximum absolute atomic E-state index is 8.76. The number of ether oxygens (including phenoxy) is 4. The fourth-order valence-corrected chi connectivity index (χ4v) is 2.76. The molecule has 0 radical (unpaired) electrons. The van der Waals surface area contributed by atoms with Crippen LogP contribution in [-0.2, 0) is 14.2 Å². The highest BCUT2D eigenvalue weighted by molar-refractivity contribution is 5.21. The Bertz CT molecular complexity index is 543. The van der Waals surface area contributed by atoms with Gasteiger partial charge in [-0.15, -0.1) is 0 Å². The van der Waals surface area contributed by atoms with Crippen molar-refractivity contribution in [1.29, 1.82) is 0 Å². The molecule has 22 heavy (non-hydrogen) atoms. The Kier molecular flexibility index (Phi) is 4.22. The van der Waals surface area contributed by atoms with Crippen molar-refractivity contribution in [2.75, 3.05) is 6.61 Å². The number of benzene rings is 1. The second-order valence-electron chi connectivity index (χ2n) is 5.85. The summed E-state index contributed by atoms with van der Waals surface area (Å²) in [6.07, 6.45) is -0.192. The normalized spacial score (nSPS) is 30.4. The molecule has 2 saturated heterocycles. The SMILES string of the molecule is CC1(C)O[C@H]2O[C@H]([C@H](COc3ccccc3)N=[N+]=[N-])C[C@H]2O1. The van der Waals surface area contributed by atoms with Crippen molar-refractivity contribution >= 4 is 0 Å². The topological polar surface area (TPSA) is 85.7 Å². The highest BCUT2D eigenvalue weighted by Crippen LogP contribution is 2.38. The summed E-state index contributed by atoms with van der Waals surface area (Å²) >= 11 is 0. The Balaban J connectivity index is 1.60. The summed E-state index contributed by atoms with van der Waals surface area (Å²) in [6, 6.07) is 8.97. The van der Waals surface area contributed by atoms with Gasteiger partial charge in [-0.05, 0) is 31.5 Å². The lowest BCUT2D eigenvalue weighted by Gasteiger charge is -2.23. The van der Waals surface area contributed by atoms with Crippen molar-refractivity contribution in [1.82, 2.24) is 0 Å². The first kappa shape index (κ1) is 15.1. The third kappa shape index (κ3) is 3.34. The van der Waals surface area contributed by atoms with Gasteiger partial charge >= 0.3 is 0 Å². The van der Waals surface area contributed by atoms with Gasteiger partial charge < -0.3 is 18.9 Å². The second-order valence-corrected chi connectivity index (χ2v) is 5.85. The number of fused-ring (bicyclic) bond motifs is 1. The smallest absolute Gasteiger partial charge is 0.187 e. The van der Waals surface area contributed by atoms with E-state index >= 15 is 0 Å². The molecule has 2 heterocycles. The fourth-order valence-electron chi connectivity index (χ4n) is 2.76. The molecule has 3 rings (SSSR count). The summed E-state index contributed by atoms with van der Waals surface area (Å²) in [5.74, 6) is 0.0990. The van der Waals surface area contributed by atoms with Crippen LogP contribution < -0.4 is 4.74 Å². The maximum Gasteiger partial charge on any atom is 0.187 e. The van der Waals surface area contributed by atoms with Crippen LogP contribution in [0, 0.1) is 0 Å². The van der Waals surface area contributed by atoms with Gasteiger partial charge in [-0.3, -0.25) is 0 Å². The fraction of sp³-hybridized carbons (Fsp3) is 0.600. The zero-order valence-corrected chi connectivity index (χ0v) is 12.6. The number of nitrogens with zero attached hydrogens (tertiary/aromatic N) is 3. The summed E-state index contributed by atoms with van der Waals surface area (Å²) in [5, 5.41) is 3.80. The molecular weight excluding hydrogens is 286 g/mol. The summed E-state index contributed by atoms with van der Waals surface area (Å²) < 4.78 is 22.9. The van der Waals surface area contributed by atoms with Crippen LogP contribution in [0.25, 0.3) is 10.4 Å². The summed E-state index contributed by atoms with van der Waals surface area (Å²) in [7, 11) is 0. The van der Waals surface area contributed by atoms with E-state index in [1.54, 1.807) is 0 Å². The average molecular weight is 305 g/mol. The van der Waals surface area contributed by atoms with Crippen LogP contribution in [0.1, 0.15) is 20.3 Å². The standard InChI is InChI=1S/C15H19N3O4/c1-15(2)21-13-8-12(20-14(13)22-15)11(17-18-16)9-19-10-6-4-3-5-7-10/h3-7,11-14H,8-9H2,1-2H3/t11-,12-,13+,14+/m0/s1. The van der Waals surface area contributed by atoms with Gasteiger partial charge in [0.05, 0.1) is 18.8 Å². The predicted molar refractivity (Wildman–Crippen MR) is 78.2 cm³/mol. The molecule has 118 valence electrons. The first-order valence-corrected chi connectivity index (χ1v) is 7.30. The number of para-hydroxylation sites is 1. The van der Waals surface area contributed by atoms with Gasteiger partial charge in [0, 0.05) is 11.3 Å². The second kappa shape index (κ2) is 6.14. The van der Waals surface area contributed by atoms with Gasteiger partial charge in [0.15, 0.2) is 12.1 Å². The lowest BCUT2D eigenvalue weighted by Crippen LogP contribution is -2.33. The third-order valence-corrected chi connectivity index (χ3v) is 3.71. The van der Waals surface area contributed by atoms with Crippen molar-refractivity contribution in [2.24, 2.45) is 5.11 Å². The summed E-state index contributed by atoms with van der Waals surface area (Å²) in [6.45, 7) is 3.96. The molecule has 2 aliphatic heterocycles. The van der Waals surface area contributed by atoms with Crippen molar-refractivity contribution in [2.45, 2.75) is 50.6 Å². The minimum Gasteiger partial charge on any atom is -0.493 e. The van der Waals surface area contributed by atoms with Gasteiger partial charge in [0.2, 0.25) is 0 Å². The largest absolute Gasteiger partial charge is 0.493 e. The molecule has 0 unspecified atom stereocenters. The third-order valence-electron chi connectivity index (χ3n) is 3.71. The molecule has 1 aromatic carbocycles. The lowest BCUT2D eigenvalue weighted by atomic mass is 10.1. The Morgan fingerprint density at radius 3 is 2.82 bits per heavy atom. The van der Waals surface area contributed by atoms with Crippen molar-refractivity contribution in [3.05, 3.63) is 40.8 Å². The molecular formula is C15H19N3O4. The lowest BCUT2D eigenvalue weighted by molar-refractivity contribution is -0.207. The molecule has 0 bridgehead atoms. The van der Waals surface area contributed by atoms with Gasteiger partial charge in [-0.25, -0.2) is 0 Å². The van der Waals surface area contributed by atoms with Crippen LogP contribution in [0.5, 0.6) is 5.75 Å². The van der Waals surface area contributed by atoms with Crippen LogP contribution in [0.4, 0.5) is 0 Å². The number of rotatable bonds is 5. The van der Waals surface area contributed by atoms with E-state index in [9.17, 15) is 0 Å². The minimum atomic E-state index is -0.630. The molecule has 0 amide bonds. The number of azide groups is 1. The van der Waals surface area contributed by atoms with E-state index in [2.05, 4.69) is 10.0 Å². The molecule has 7 heteroatoms. The van der Waals surface area contributed by atoms with E-state index in [0.29, 0.717) is 6.42 Å². The van der Waals surface area contributed by atoms with Crippen LogP contribution >= 0.6 is 0 Å². The Morgan fingerprint density at radius 2 is 2.14 bits per heavy atom. The molecule has 7 nitrogen and oxygen atoms in total.